The van der Waals surface area contributed by atoms with Crippen molar-refractivity contribution in [1.29, 1.82) is 0 Å². The first-order chi connectivity index (χ1) is 21.3. The Morgan fingerprint density at radius 2 is 0.349 bits per heavy atom. The summed E-state index contributed by atoms with van der Waals surface area (Å²) in [5.41, 5.74) is 11.4. The molecule has 0 aromatic heterocycles. The van der Waals surface area contributed by atoms with Crippen LogP contribution in [0.5, 0.6) is 0 Å². The average molecular weight is 553 g/mol. The summed E-state index contributed by atoms with van der Waals surface area (Å²) in [6.45, 7) is 2.08. The first-order valence-electron chi connectivity index (χ1n) is 14.7. The van der Waals surface area contributed by atoms with Gasteiger partial charge in [-0.15, -0.1) is 0 Å². The number of benzene rings is 7. The van der Waals surface area contributed by atoms with E-state index in [0.29, 0.717) is 0 Å². The van der Waals surface area contributed by atoms with Crippen molar-refractivity contribution in [2.45, 2.75) is 6.92 Å². The van der Waals surface area contributed by atoms with E-state index in [1.54, 1.807) is 0 Å². The lowest BCUT2D eigenvalue weighted by Gasteiger charge is -2.04. The quantitative estimate of drug-likeness (QED) is 0.204. The van der Waals surface area contributed by atoms with Gasteiger partial charge in [-0.25, -0.2) is 0 Å². The molecule has 0 atom stereocenters. The zero-order chi connectivity index (χ0) is 29.5. The molecule has 43 heavy (non-hydrogen) atoms. The maximum atomic E-state index is 2.18. The zero-order valence-corrected chi connectivity index (χ0v) is 24.6. The van der Waals surface area contributed by atoms with Crippen LogP contribution in [0.2, 0.25) is 0 Å². The van der Waals surface area contributed by atoms with Crippen LogP contribution in [0.4, 0.5) is 0 Å². The molecule has 0 aliphatic rings. The van der Waals surface area contributed by atoms with E-state index in [9.17, 15) is 0 Å². The SMILES string of the molecule is Cc1ccccc1.c1ccc(-c2ccc(-c3ccccc3)cc2)cc1.c1ccc(-c2ccc(-c3ccccc3)cc2)cc1. The molecule has 7 rings (SSSR count). The summed E-state index contributed by atoms with van der Waals surface area (Å²) >= 11 is 0. The van der Waals surface area contributed by atoms with Crippen LogP contribution < -0.4 is 0 Å². The molecule has 0 nitrogen and oxygen atoms in total. The molecule has 0 bridgehead atoms. The Labute approximate surface area is 256 Å². The lowest BCUT2D eigenvalue weighted by Crippen LogP contribution is -1.79. The molecule has 0 saturated heterocycles. The molecule has 7 aromatic rings. The molecule has 0 amide bonds. The summed E-state index contributed by atoms with van der Waals surface area (Å²) in [4.78, 5) is 0. The fraction of sp³-hybridized carbons (Fsp3) is 0.0233. The van der Waals surface area contributed by atoms with E-state index in [4.69, 9.17) is 0 Å². The number of aryl methyl sites for hydroxylation is 1. The van der Waals surface area contributed by atoms with Crippen LogP contribution in [0.1, 0.15) is 5.56 Å². The van der Waals surface area contributed by atoms with E-state index in [-0.39, 0.29) is 0 Å². The number of hydrogen-bond donors (Lipinski definition) is 0. The normalized spacial score (nSPS) is 9.98. The molecule has 0 heteroatoms. The summed E-state index contributed by atoms with van der Waals surface area (Å²) < 4.78 is 0. The zero-order valence-electron chi connectivity index (χ0n) is 24.6. The van der Waals surface area contributed by atoms with Crippen molar-refractivity contribution in [3.8, 4) is 44.5 Å². The maximum absolute atomic E-state index is 2.18. The Kier molecular flexibility index (Phi) is 10.5. The molecule has 0 spiro atoms. The maximum Gasteiger partial charge on any atom is -0.0184 e. The molecule has 0 fully saturated rings. The van der Waals surface area contributed by atoms with Crippen molar-refractivity contribution in [1.82, 2.24) is 0 Å². The Balaban J connectivity index is 0.000000141. The standard InChI is InChI=1S/2C18H14.C7H8/c2*1-3-7-15(8-4-1)17-11-13-18(14-12-17)16-9-5-2-6-10-16;1-7-5-3-2-4-6-7/h2*1-14H;2-6H,1H3. The highest BCUT2D eigenvalue weighted by atomic mass is 14.0. The van der Waals surface area contributed by atoms with Crippen LogP contribution >= 0.6 is 0 Å². The Bertz CT molecular complexity index is 1500. The van der Waals surface area contributed by atoms with Crippen molar-refractivity contribution in [2.75, 3.05) is 0 Å². The molecule has 208 valence electrons. The van der Waals surface area contributed by atoms with Crippen molar-refractivity contribution in [2.24, 2.45) is 0 Å². The summed E-state index contributed by atoms with van der Waals surface area (Å²) in [6, 6.07) is 69.5. The monoisotopic (exact) mass is 552 g/mol. The molecule has 0 unspecified atom stereocenters. The van der Waals surface area contributed by atoms with E-state index in [1.165, 1.54) is 50.1 Å². The largest absolute Gasteiger partial charge is 0.0622 e. The Morgan fingerprint density at radius 3 is 0.512 bits per heavy atom. The van der Waals surface area contributed by atoms with Crippen molar-refractivity contribution in [3.63, 3.8) is 0 Å². The minimum absolute atomic E-state index is 1.26. The molecule has 0 aliphatic heterocycles. The smallest absolute Gasteiger partial charge is 0.0184 e. The average Bonchev–Trinajstić information content (AvgIpc) is 3.11. The predicted molar refractivity (Wildman–Crippen MR) is 186 cm³/mol. The van der Waals surface area contributed by atoms with Gasteiger partial charge in [-0.1, -0.05) is 206 Å². The molecule has 7 aromatic carbocycles. The van der Waals surface area contributed by atoms with Crippen molar-refractivity contribution >= 4 is 0 Å². The summed E-state index contributed by atoms with van der Waals surface area (Å²) in [5.74, 6) is 0. The minimum Gasteiger partial charge on any atom is -0.0622 e. The first kappa shape index (κ1) is 29.0. The Morgan fingerprint density at radius 1 is 0.186 bits per heavy atom. The van der Waals surface area contributed by atoms with Crippen LogP contribution in [0.15, 0.2) is 200 Å². The molecular weight excluding hydrogens is 516 g/mol. The van der Waals surface area contributed by atoms with Crippen LogP contribution in [-0.2, 0) is 0 Å². The van der Waals surface area contributed by atoms with Gasteiger partial charge in [-0.2, -0.15) is 0 Å². The van der Waals surface area contributed by atoms with Gasteiger partial charge >= 0.3 is 0 Å². The summed E-state index contributed by atoms with van der Waals surface area (Å²) in [5, 5.41) is 0. The lowest BCUT2D eigenvalue weighted by atomic mass is 10.0. The molecule has 0 radical (unpaired) electrons. The van der Waals surface area contributed by atoms with Gasteiger partial charge in [0.25, 0.3) is 0 Å². The molecule has 0 aliphatic carbocycles. The van der Waals surface area contributed by atoms with Gasteiger partial charge < -0.3 is 0 Å². The molecule has 0 N–H and O–H groups in total. The van der Waals surface area contributed by atoms with E-state index in [1.807, 2.05) is 42.5 Å². The van der Waals surface area contributed by atoms with E-state index < -0.39 is 0 Å². The van der Waals surface area contributed by atoms with Gasteiger partial charge in [0.2, 0.25) is 0 Å². The van der Waals surface area contributed by atoms with Crippen molar-refractivity contribution < 1.29 is 0 Å². The second kappa shape index (κ2) is 15.5. The topological polar surface area (TPSA) is 0 Å². The Hall–Kier alpha value is -5.46. The van der Waals surface area contributed by atoms with Gasteiger partial charge in [0.05, 0.1) is 0 Å². The van der Waals surface area contributed by atoms with Gasteiger partial charge in [0.1, 0.15) is 0 Å². The van der Waals surface area contributed by atoms with Crippen molar-refractivity contribution in [3.05, 3.63) is 206 Å². The lowest BCUT2D eigenvalue weighted by molar-refractivity contribution is 1.48. The van der Waals surface area contributed by atoms with Crippen LogP contribution in [0.3, 0.4) is 0 Å². The molecule has 0 heterocycles. The van der Waals surface area contributed by atoms with Gasteiger partial charge in [0, 0.05) is 0 Å². The fourth-order valence-electron chi connectivity index (χ4n) is 4.77. The third kappa shape index (κ3) is 8.76. The fourth-order valence-corrected chi connectivity index (χ4v) is 4.77. The third-order valence-corrected chi connectivity index (χ3v) is 7.14. The number of hydrogen-bond acceptors (Lipinski definition) is 0. The third-order valence-electron chi connectivity index (χ3n) is 7.14. The highest BCUT2D eigenvalue weighted by Crippen LogP contribution is 2.25. The van der Waals surface area contributed by atoms with E-state index >= 15 is 0 Å². The minimum atomic E-state index is 1.26. The van der Waals surface area contributed by atoms with E-state index in [2.05, 4.69) is 165 Å². The van der Waals surface area contributed by atoms with Crippen LogP contribution in [0.25, 0.3) is 44.5 Å². The summed E-state index contributed by atoms with van der Waals surface area (Å²) in [6.07, 6.45) is 0. The molecule has 0 saturated carbocycles. The highest BCUT2D eigenvalue weighted by Gasteiger charge is 2.00. The first-order valence-corrected chi connectivity index (χ1v) is 14.7. The van der Waals surface area contributed by atoms with Crippen LogP contribution in [0, 0.1) is 6.92 Å². The highest BCUT2D eigenvalue weighted by molar-refractivity contribution is 5.71. The van der Waals surface area contributed by atoms with Gasteiger partial charge in [0.15, 0.2) is 0 Å². The van der Waals surface area contributed by atoms with E-state index in [0.717, 1.165) is 0 Å². The second-order valence-corrected chi connectivity index (χ2v) is 10.3. The number of rotatable bonds is 4. The predicted octanol–water partition coefficient (Wildman–Crippen LogP) is 12.0. The van der Waals surface area contributed by atoms with Gasteiger partial charge in [-0.05, 0) is 51.4 Å². The summed E-state index contributed by atoms with van der Waals surface area (Å²) in [7, 11) is 0. The second-order valence-electron chi connectivity index (χ2n) is 10.3. The van der Waals surface area contributed by atoms with Gasteiger partial charge in [-0.3, -0.25) is 0 Å². The molecular formula is C43H36. The van der Waals surface area contributed by atoms with Crippen LogP contribution in [-0.4, -0.2) is 0 Å².